The highest BCUT2D eigenvalue weighted by Gasteiger charge is 2.30. The lowest BCUT2D eigenvalue weighted by atomic mass is 9.85. The lowest BCUT2D eigenvalue weighted by Crippen LogP contribution is -2.21. The van der Waals surface area contributed by atoms with E-state index in [1.807, 2.05) is 6.92 Å². The maximum Gasteiger partial charge on any atom is 0.243 e. The number of hydrogen-bond donors (Lipinski definition) is 1. The fourth-order valence-electron chi connectivity index (χ4n) is 2.82. The van der Waals surface area contributed by atoms with Crippen molar-refractivity contribution in [2.45, 2.75) is 65.0 Å². The van der Waals surface area contributed by atoms with Crippen molar-refractivity contribution in [1.82, 2.24) is 10.1 Å². The van der Waals surface area contributed by atoms with Gasteiger partial charge >= 0.3 is 0 Å². The third-order valence-electron chi connectivity index (χ3n) is 4.14. The largest absolute Gasteiger partial charge is 0.370 e. The van der Waals surface area contributed by atoms with Crippen molar-refractivity contribution in [2.75, 3.05) is 6.61 Å². The molecule has 0 radical (unpaired) electrons. The summed E-state index contributed by atoms with van der Waals surface area (Å²) in [5, 5.41) is 4.12. The van der Waals surface area contributed by atoms with Crippen LogP contribution in [0.2, 0.25) is 0 Å². The lowest BCUT2D eigenvalue weighted by Gasteiger charge is -2.27. The molecule has 0 saturated heterocycles. The van der Waals surface area contributed by atoms with Crippen LogP contribution in [0.15, 0.2) is 4.52 Å². The Labute approximate surface area is 121 Å². The topological polar surface area (TPSA) is 74.2 Å². The highest BCUT2D eigenvalue weighted by atomic mass is 16.5. The molecule has 1 unspecified atom stereocenters. The molecule has 2 rings (SSSR count). The summed E-state index contributed by atoms with van der Waals surface area (Å²) in [6, 6.07) is -0.204. The summed E-state index contributed by atoms with van der Waals surface area (Å²) in [4.78, 5) is 4.50. The molecule has 1 aromatic heterocycles. The number of ether oxygens (including phenoxy) is 1. The predicted octanol–water partition coefficient (Wildman–Crippen LogP) is 3.38. The summed E-state index contributed by atoms with van der Waals surface area (Å²) in [5.41, 5.74) is 6.07. The van der Waals surface area contributed by atoms with E-state index in [-0.39, 0.29) is 18.1 Å². The summed E-state index contributed by atoms with van der Waals surface area (Å²) >= 11 is 0. The normalized spacial score (nSPS) is 20.2. The van der Waals surface area contributed by atoms with Crippen molar-refractivity contribution in [3.63, 3.8) is 0 Å². The molecule has 0 bridgehead atoms. The van der Waals surface area contributed by atoms with Gasteiger partial charge in [0.05, 0.1) is 6.04 Å². The second-order valence-corrected chi connectivity index (χ2v) is 6.03. The highest BCUT2D eigenvalue weighted by molar-refractivity contribution is 4.98. The summed E-state index contributed by atoms with van der Waals surface area (Å²) in [6.45, 7) is 6.78. The molecule has 114 valence electrons. The van der Waals surface area contributed by atoms with E-state index in [0.717, 1.165) is 0 Å². The number of nitrogens with two attached hydrogens (primary N) is 1. The SMILES string of the molecule is CCOC(c1noc([C@@H](N)C(C)C)n1)C1CCCCC1. The first-order valence-electron chi connectivity index (χ1n) is 7.84. The van der Waals surface area contributed by atoms with Crippen LogP contribution in [0.1, 0.15) is 76.7 Å². The van der Waals surface area contributed by atoms with E-state index < -0.39 is 0 Å². The molecular formula is C15H27N3O2. The first-order valence-corrected chi connectivity index (χ1v) is 7.84. The van der Waals surface area contributed by atoms with Crippen molar-refractivity contribution < 1.29 is 9.26 Å². The van der Waals surface area contributed by atoms with Gasteiger partial charge in [-0.15, -0.1) is 0 Å². The van der Waals surface area contributed by atoms with Crippen LogP contribution in [-0.2, 0) is 4.74 Å². The van der Waals surface area contributed by atoms with E-state index in [1.54, 1.807) is 0 Å². The van der Waals surface area contributed by atoms with Gasteiger partial charge in [0.2, 0.25) is 11.7 Å². The van der Waals surface area contributed by atoms with Crippen LogP contribution in [0.4, 0.5) is 0 Å². The van der Waals surface area contributed by atoms with Crippen LogP contribution >= 0.6 is 0 Å². The Kier molecular flexibility index (Phi) is 5.54. The Morgan fingerprint density at radius 1 is 1.30 bits per heavy atom. The van der Waals surface area contributed by atoms with E-state index >= 15 is 0 Å². The summed E-state index contributed by atoms with van der Waals surface area (Å²) in [7, 11) is 0. The Balaban J connectivity index is 2.12. The average Bonchev–Trinajstić information content (AvgIpc) is 2.94. The number of hydrogen-bond acceptors (Lipinski definition) is 5. The van der Waals surface area contributed by atoms with Crippen molar-refractivity contribution in [2.24, 2.45) is 17.6 Å². The Morgan fingerprint density at radius 2 is 2.00 bits per heavy atom. The van der Waals surface area contributed by atoms with Gasteiger partial charge in [0.25, 0.3) is 0 Å². The molecule has 0 spiro atoms. The molecule has 5 nitrogen and oxygen atoms in total. The van der Waals surface area contributed by atoms with E-state index in [2.05, 4.69) is 24.0 Å². The standard InChI is InChI=1S/C15H27N3O2/c1-4-19-13(11-8-6-5-7-9-11)14-17-15(20-18-14)12(16)10(2)3/h10-13H,4-9,16H2,1-3H3/t12-,13?/m0/s1. The molecule has 1 aromatic rings. The van der Waals surface area contributed by atoms with Crippen molar-refractivity contribution in [3.8, 4) is 0 Å². The molecule has 1 aliphatic rings. The lowest BCUT2D eigenvalue weighted by molar-refractivity contribution is -0.00145. The van der Waals surface area contributed by atoms with E-state index in [4.69, 9.17) is 15.0 Å². The molecule has 1 saturated carbocycles. The average molecular weight is 281 g/mol. The third kappa shape index (κ3) is 3.58. The number of rotatable bonds is 6. The van der Waals surface area contributed by atoms with Gasteiger partial charge in [-0.05, 0) is 31.6 Å². The molecule has 0 aliphatic heterocycles. The van der Waals surface area contributed by atoms with Gasteiger partial charge in [0.15, 0.2) is 0 Å². The minimum atomic E-state index is -0.204. The minimum absolute atomic E-state index is 0.0443. The zero-order valence-electron chi connectivity index (χ0n) is 12.8. The first kappa shape index (κ1) is 15.4. The van der Waals surface area contributed by atoms with Crippen LogP contribution < -0.4 is 5.73 Å². The van der Waals surface area contributed by atoms with Crippen LogP contribution in [0.25, 0.3) is 0 Å². The fraction of sp³-hybridized carbons (Fsp3) is 0.867. The van der Waals surface area contributed by atoms with E-state index in [1.165, 1.54) is 32.1 Å². The van der Waals surface area contributed by atoms with Crippen LogP contribution in [0.3, 0.4) is 0 Å². The fourth-order valence-corrected chi connectivity index (χ4v) is 2.82. The van der Waals surface area contributed by atoms with Gasteiger partial charge in [-0.3, -0.25) is 0 Å². The molecule has 1 heterocycles. The second kappa shape index (κ2) is 7.18. The summed E-state index contributed by atoms with van der Waals surface area (Å²) in [5.74, 6) is 1.98. The molecule has 2 atom stereocenters. The second-order valence-electron chi connectivity index (χ2n) is 6.03. The van der Waals surface area contributed by atoms with E-state index in [9.17, 15) is 0 Å². The Morgan fingerprint density at radius 3 is 2.60 bits per heavy atom. The monoisotopic (exact) mass is 281 g/mol. The zero-order chi connectivity index (χ0) is 14.5. The molecule has 2 N–H and O–H groups in total. The van der Waals surface area contributed by atoms with Gasteiger partial charge in [0, 0.05) is 6.61 Å². The Hall–Kier alpha value is -0.940. The smallest absolute Gasteiger partial charge is 0.243 e. The number of aromatic nitrogens is 2. The van der Waals surface area contributed by atoms with Gasteiger partial charge < -0.3 is 15.0 Å². The van der Waals surface area contributed by atoms with Gasteiger partial charge in [-0.1, -0.05) is 38.3 Å². The predicted molar refractivity (Wildman–Crippen MR) is 77.0 cm³/mol. The molecule has 1 fully saturated rings. The Bertz CT molecular complexity index is 400. The molecule has 0 amide bonds. The maximum absolute atomic E-state index is 6.07. The van der Waals surface area contributed by atoms with Crippen LogP contribution in [-0.4, -0.2) is 16.7 Å². The molecule has 1 aliphatic carbocycles. The molecule has 5 heteroatoms. The van der Waals surface area contributed by atoms with Gasteiger partial charge in [-0.25, -0.2) is 0 Å². The number of nitrogens with zero attached hydrogens (tertiary/aromatic N) is 2. The first-order chi connectivity index (χ1) is 9.63. The molecule has 0 aromatic carbocycles. The molecule has 20 heavy (non-hydrogen) atoms. The highest BCUT2D eigenvalue weighted by Crippen LogP contribution is 2.36. The zero-order valence-corrected chi connectivity index (χ0v) is 12.8. The van der Waals surface area contributed by atoms with Crippen molar-refractivity contribution in [1.29, 1.82) is 0 Å². The van der Waals surface area contributed by atoms with Crippen molar-refractivity contribution >= 4 is 0 Å². The minimum Gasteiger partial charge on any atom is -0.370 e. The molecular weight excluding hydrogens is 254 g/mol. The summed E-state index contributed by atoms with van der Waals surface area (Å²) in [6.07, 6.45) is 6.19. The third-order valence-corrected chi connectivity index (χ3v) is 4.14. The quantitative estimate of drug-likeness (QED) is 0.865. The maximum atomic E-state index is 6.07. The van der Waals surface area contributed by atoms with Gasteiger partial charge in [0.1, 0.15) is 6.10 Å². The summed E-state index contributed by atoms with van der Waals surface area (Å²) < 4.78 is 11.2. The van der Waals surface area contributed by atoms with Crippen LogP contribution in [0.5, 0.6) is 0 Å². The van der Waals surface area contributed by atoms with Crippen molar-refractivity contribution in [3.05, 3.63) is 11.7 Å². The van der Waals surface area contributed by atoms with E-state index in [0.29, 0.717) is 24.2 Å². The van der Waals surface area contributed by atoms with Crippen LogP contribution in [0, 0.1) is 11.8 Å². The van der Waals surface area contributed by atoms with Gasteiger partial charge in [-0.2, -0.15) is 4.98 Å².